The monoisotopic (exact) mass is 281 g/mol. The lowest BCUT2D eigenvalue weighted by molar-refractivity contribution is 0.170. The topological polar surface area (TPSA) is 32.5 Å². The highest BCUT2D eigenvalue weighted by Crippen LogP contribution is 2.26. The first kappa shape index (κ1) is 14.2. The lowest BCUT2D eigenvalue weighted by atomic mass is 10.1. The predicted octanol–water partition coefficient (Wildman–Crippen LogP) is 1.99. The third-order valence-corrected chi connectivity index (χ3v) is 4.14. The summed E-state index contributed by atoms with van der Waals surface area (Å²) in [6, 6.07) is 5.53. The number of rotatable bonds is 2. The maximum atomic E-state index is 13.3. The van der Waals surface area contributed by atoms with Crippen LogP contribution in [0.25, 0.3) is 0 Å². The highest BCUT2D eigenvalue weighted by Gasteiger charge is 2.28. The van der Waals surface area contributed by atoms with E-state index in [-0.39, 0.29) is 10.8 Å². The molecule has 1 aliphatic heterocycles. The lowest BCUT2D eigenvalue weighted by Crippen LogP contribution is -2.55. The van der Waals surface area contributed by atoms with Gasteiger partial charge in [-0.05, 0) is 39.1 Å². The molecule has 0 spiro atoms. The lowest BCUT2D eigenvalue weighted by Gasteiger charge is -2.44. The van der Waals surface area contributed by atoms with Crippen molar-refractivity contribution in [1.29, 1.82) is 0 Å². The van der Waals surface area contributed by atoms with Crippen molar-refractivity contribution >= 4 is 22.9 Å². The molecule has 0 bridgehead atoms. The van der Waals surface area contributed by atoms with Crippen molar-refractivity contribution in [3.05, 3.63) is 29.6 Å². The van der Waals surface area contributed by atoms with Gasteiger partial charge in [0.1, 0.15) is 10.8 Å². The predicted molar refractivity (Wildman–Crippen MR) is 81.2 cm³/mol. The van der Waals surface area contributed by atoms with Gasteiger partial charge in [-0.1, -0.05) is 12.2 Å². The second-order valence-corrected chi connectivity index (χ2v) is 5.73. The first-order chi connectivity index (χ1) is 8.90. The number of halogens is 1. The highest BCUT2D eigenvalue weighted by atomic mass is 32.1. The molecule has 2 rings (SSSR count). The van der Waals surface area contributed by atoms with Crippen LogP contribution in [-0.4, -0.2) is 42.1 Å². The molecule has 104 valence electrons. The molecule has 1 aromatic carbocycles. The zero-order valence-corrected chi connectivity index (χ0v) is 12.4. The van der Waals surface area contributed by atoms with E-state index < -0.39 is 0 Å². The van der Waals surface area contributed by atoms with Crippen LogP contribution in [0.5, 0.6) is 0 Å². The summed E-state index contributed by atoms with van der Waals surface area (Å²) < 4.78 is 13.3. The van der Waals surface area contributed by atoms with Crippen molar-refractivity contribution in [2.24, 2.45) is 5.73 Å². The van der Waals surface area contributed by atoms with Crippen LogP contribution in [0.2, 0.25) is 0 Å². The van der Waals surface area contributed by atoms with Crippen molar-refractivity contribution in [1.82, 2.24) is 4.90 Å². The Kier molecular flexibility index (Phi) is 4.06. The zero-order chi connectivity index (χ0) is 14.2. The number of piperazine rings is 1. The van der Waals surface area contributed by atoms with Gasteiger partial charge in [0.2, 0.25) is 0 Å². The molecule has 1 fully saturated rings. The number of benzene rings is 1. The van der Waals surface area contributed by atoms with Gasteiger partial charge in [0.25, 0.3) is 0 Å². The Morgan fingerprint density at radius 1 is 1.32 bits per heavy atom. The van der Waals surface area contributed by atoms with E-state index >= 15 is 0 Å². The third kappa shape index (κ3) is 2.87. The molecule has 1 saturated heterocycles. The third-order valence-electron chi connectivity index (χ3n) is 3.92. The van der Waals surface area contributed by atoms with Gasteiger partial charge < -0.3 is 10.6 Å². The fraction of sp³-hybridized carbons (Fsp3) is 0.500. The van der Waals surface area contributed by atoms with Crippen molar-refractivity contribution in [2.75, 3.05) is 25.0 Å². The molecule has 2 atom stereocenters. The minimum absolute atomic E-state index is 0.244. The Hall–Kier alpha value is -1.20. The Balaban J connectivity index is 2.34. The summed E-state index contributed by atoms with van der Waals surface area (Å²) in [6.07, 6.45) is 0. The molecular weight excluding hydrogens is 261 g/mol. The second kappa shape index (κ2) is 5.43. The Morgan fingerprint density at radius 3 is 2.42 bits per heavy atom. The minimum atomic E-state index is -0.304. The maximum absolute atomic E-state index is 13.3. The Bertz CT molecular complexity index is 480. The molecule has 2 unspecified atom stereocenters. The summed E-state index contributed by atoms with van der Waals surface area (Å²) in [5, 5.41) is 0. The van der Waals surface area contributed by atoms with Crippen LogP contribution >= 0.6 is 12.2 Å². The van der Waals surface area contributed by atoms with Crippen LogP contribution in [0.3, 0.4) is 0 Å². The van der Waals surface area contributed by atoms with Crippen molar-refractivity contribution in [3.63, 3.8) is 0 Å². The van der Waals surface area contributed by atoms with Gasteiger partial charge in [-0.3, -0.25) is 4.90 Å². The summed E-state index contributed by atoms with van der Waals surface area (Å²) in [4.78, 5) is 4.83. The molecule has 2 N–H and O–H groups in total. The molecule has 1 aromatic rings. The fourth-order valence-electron chi connectivity index (χ4n) is 2.58. The largest absolute Gasteiger partial charge is 0.389 e. The van der Waals surface area contributed by atoms with E-state index in [1.54, 1.807) is 6.07 Å². The molecule has 0 saturated carbocycles. The number of anilines is 1. The number of hydrogen-bond donors (Lipinski definition) is 1. The van der Waals surface area contributed by atoms with Gasteiger partial charge >= 0.3 is 0 Å². The normalized spacial score (nSPS) is 24.5. The molecule has 0 aromatic heterocycles. The van der Waals surface area contributed by atoms with Crippen molar-refractivity contribution in [3.8, 4) is 0 Å². The van der Waals surface area contributed by atoms with E-state index in [1.807, 2.05) is 0 Å². The van der Waals surface area contributed by atoms with Crippen LogP contribution < -0.4 is 10.6 Å². The van der Waals surface area contributed by atoms with Crippen molar-refractivity contribution < 1.29 is 4.39 Å². The fourth-order valence-corrected chi connectivity index (χ4v) is 2.75. The number of nitrogens with zero attached hydrogens (tertiary/aromatic N) is 2. The summed E-state index contributed by atoms with van der Waals surface area (Å²) in [5.74, 6) is -0.304. The molecule has 0 aliphatic carbocycles. The van der Waals surface area contributed by atoms with E-state index in [1.165, 1.54) is 12.1 Å². The molecular formula is C14H20FN3S. The van der Waals surface area contributed by atoms with Crippen LogP contribution in [0.15, 0.2) is 18.2 Å². The number of nitrogens with two attached hydrogens (primary N) is 1. The van der Waals surface area contributed by atoms with E-state index in [0.29, 0.717) is 17.6 Å². The molecule has 0 amide bonds. The van der Waals surface area contributed by atoms with Crippen LogP contribution in [-0.2, 0) is 0 Å². The van der Waals surface area contributed by atoms with Crippen LogP contribution in [0, 0.1) is 5.82 Å². The van der Waals surface area contributed by atoms with Gasteiger partial charge in [-0.2, -0.15) is 0 Å². The summed E-state index contributed by atoms with van der Waals surface area (Å²) >= 11 is 5.03. The smallest absolute Gasteiger partial charge is 0.124 e. The molecule has 0 radical (unpaired) electrons. The molecule has 19 heavy (non-hydrogen) atoms. The van der Waals surface area contributed by atoms with Gasteiger partial charge in [-0.15, -0.1) is 0 Å². The standard InChI is InChI=1S/C14H20FN3S/c1-9-7-18(8-10(2)17(9)3)13-5-4-11(15)6-12(13)14(16)19/h4-6,9-10H,7-8H2,1-3H3,(H2,16,19). The van der Waals surface area contributed by atoms with Gasteiger partial charge in [0, 0.05) is 36.4 Å². The second-order valence-electron chi connectivity index (χ2n) is 5.29. The van der Waals surface area contributed by atoms with E-state index in [4.69, 9.17) is 18.0 Å². The molecule has 1 aliphatic rings. The van der Waals surface area contributed by atoms with Crippen molar-refractivity contribution in [2.45, 2.75) is 25.9 Å². The SMILES string of the molecule is CC1CN(c2ccc(F)cc2C(N)=S)CC(C)N1C. The van der Waals surface area contributed by atoms with Gasteiger partial charge in [-0.25, -0.2) is 4.39 Å². The summed E-state index contributed by atoms with van der Waals surface area (Å²) in [5.41, 5.74) is 7.27. The van der Waals surface area contributed by atoms with Gasteiger partial charge in [0.15, 0.2) is 0 Å². The van der Waals surface area contributed by atoms with E-state index in [2.05, 4.69) is 30.7 Å². The first-order valence-corrected chi connectivity index (χ1v) is 6.87. The Morgan fingerprint density at radius 2 is 1.89 bits per heavy atom. The highest BCUT2D eigenvalue weighted by molar-refractivity contribution is 7.80. The maximum Gasteiger partial charge on any atom is 0.124 e. The molecule has 3 nitrogen and oxygen atoms in total. The average molecular weight is 281 g/mol. The average Bonchev–Trinajstić information content (AvgIpc) is 2.35. The van der Waals surface area contributed by atoms with Crippen LogP contribution in [0.1, 0.15) is 19.4 Å². The van der Waals surface area contributed by atoms with E-state index in [0.717, 1.165) is 18.8 Å². The summed E-state index contributed by atoms with van der Waals surface area (Å²) in [6.45, 7) is 6.16. The summed E-state index contributed by atoms with van der Waals surface area (Å²) in [7, 11) is 2.13. The van der Waals surface area contributed by atoms with Gasteiger partial charge in [0.05, 0.1) is 0 Å². The quantitative estimate of drug-likeness (QED) is 0.840. The number of likely N-dealkylation sites (N-methyl/N-ethyl adjacent to an activating group) is 1. The van der Waals surface area contributed by atoms with E-state index in [9.17, 15) is 4.39 Å². The molecule has 5 heteroatoms. The Labute approximate surface area is 119 Å². The first-order valence-electron chi connectivity index (χ1n) is 6.46. The van der Waals surface area contributed by atoms with Crippen LogP contribution in [0.4, 0.5) is 10.1 Å². The minimum Gasteiger partial charge on any atom is -0.389 e. The number of hydrogen-bond acceptors (Lipinski definition) is 3. The number of thiocarbonyl (C=S) groups is 1. The molecule has 1 heterocycles. The zero-order valence-electron chi connectivity index (χ0n) is 11.6.